The Labute approximate surface area is 147 Å². The summed E-state index contributed by atoms with van der Waals surface area (Å²) in [7, 11) is 0. The van der Waals surface area contributed by atoms with E-state index in [1.807, 2.05) is 31.2 Å². The Morgan fingerprint density at radius 2 is 1.72 bits per heavy atom. The highest BCUT2D eigenvalue weighted by Gasteiger charge is 2.20. The minimum atomic E-state index is 0.387. The predicted molar refractivity (Wildman–Crippen MR) is 97.4 cm³/mol. The number of aryl methyl sites for hydroxylation is 1. The molecular formula is C20H23N3O2. The summed E-state index contributed by atoms with van der Waals surface area (Å²) in [5.41, 5.74) is 1.96. The molecule has 0 bridgehead atoms. The molecule has 1 aliphatic heterocycles. The van der Waals surface area contributed by atoms with Crippen LogP contribution >= 0.6 is 0 Å². The standard InChI is InChI=1S/C20H23N3O2/c1-15-12-17(25-21-15)13-22-8-10-23(11-9-22)14-19-18-5-3-2-4-16(18)6-7-20(19)24/h2-7,12,24H,8-11,13-14H2,1H3. The van der Waals surface area contributed by atoms with Crippen LogP contribution in [0.3, 0.4) is 0 Å². The van der Waals surface area contributed by atoms with E-state index in [4.69, 9.17) is 4.52 Å². The molecule has 25 heavy (non-hydrogen) atoms. The molecule has 5 heteroatoms. The first-order valence-electron chi connectivity index (χ1n) is 8.75. The lowest BCUT2D eigenvalue weighted by Crippen LogP contribution is -2.45. The van der Waals surface area contributed by atoms with Crippen molar-refractivity contribution in [2.75, 3.05) is 26.2 Å². The highest BCUT2D eigenvalue weighted by Crippen LogP contribution is 2.28. The summed E-state index contributed by atoms with van der Waals surface area (Å²) in [5, 5.41) is 16.6. The van der Waals surface area contributed by atoms with Gasteiger partial charge in [0.15, 0.2) is 5.76 Å². The molecule has 1 aliphatic rings. The molecule has 0 radical (unpaired) electrons. The van der Waals surface area contributed by atoms with E-state index in [1.54, 1.807) is 6.07 Å². The molecule has 1 N–H and O–H groups in total. The van der Waals surface area contributed by atoms with Gasteiger partial charge in [-0.1, -0.05) is 35.5 Å². The van der Waals surface area contributed by atoms with Gasteiger partial charge in [0.2, 0.25) is 0 Å². The minimum Gasteiger partial charge on any atom is -0.508 e. The lowest BCUT2D eigenvalue weighted by atomic mass is 10.0. The lowest BCUT2D eigenvalue weighted by molar-refractivity contribution is 0.113. The highest BCUT2D eigenvalue weighted by molar-refractivity contribution is 5.87. The molecule has 0 amide bonds. The number of fused-ring (bicyclic) bond motifs is 1. The van der Waals surface area contributed by atoms with Crippen molar-refractivity contribution in [3.05, 3.63) is 59.5 Å². The van der Waals surface area contributed by atoms with Gasteiger partial charge in [-0.3, -0.25) is 9.80 Å². The van der Waals surface area contributed by atoms with Crippen LogP contribution in [0.5, 0.6) is 5.75 Å². The summed E-state index contributed by atoms with van der Waals surface area (Å²) < 4.78 is 5.32. The molecule has 2 heterocycles. The Kier molecular flexibility index (Phi) is 4.42. The Hall–Kier alpha value is -2.37. The molecule has 0 aliphatic carbocycles. The molecule has 0 unspecified atom stereocenters. The van der Waals surface area contributed by atoms with E-state index in [2.05, 4.69) is 27.1 Å². The van der Waals surface area contributed by atoms with Crippen molar-refractivity contribution in [2.45, 2.75) is 20.0 Å². The quantitative estimate of drug-likeness (QED) is 0.792. The summed E-state index contributed by atoms with van der Waals surface area (Å²) in [4.78, 5) is 4.79. The van der Waals surface area contributed by atoms with Crippen LogP contribution in [0.15, 0.2) is 47.0 Å². The van der Waals surface area contributed by atoms with Gasteiger partial charge in [-0.05, 0) is 23.8 Å². The summed E-state index contributed by atoms with van der Waals surface area (Å²) in [5.74, 6) is 1.32. The lowest BCUT2D eigenvalue weighted by Gasteiger charge is -2.34. The van der Waals surface area contributed by atoms with Crippen LogP contribution in [0.2, 0.25) is 0 Å². The molecule has 5 nitrogen and oxygen atoms in total. The number of phenols is 1. The molecule has 0 saturated carbocycles. The fraction of sp³-hybridized carbons (Fsp3) is 0.350. The molecule has 0 spiro atoms. The summed E-state index contributed by atoms with van der Waals surface area (Å²) in [6.07, 6.45) is 0. The Morgan fingerprint density at radius 1 is 1.00 bits per heavy atom. The fourth-order valence-electron chi connectivity index (χ4n) is 3.53. The van der Waals surface area contributed by atoms with Gasteiger partial charge >= 0.3 is 0 Å². The molecule has 1 aromatic heterocycles. The van der Waals surface area contributed by atoms with Crippen LogP contribution in [0.1, 0.15) is 17.0 Å². The number of hydrogen-bond donors (Lipinski definition) is 1. The molecular weight excluding hydrogens is 314 g/mol. The van der Waals surface area contributed by atoms with Gasteiger partial charge in [0, 0.05) is 44.4 Å². The number of aromatic hydroxyl groups is 1. The molecule has 130 valence electrons. The number of hydrogen-bond acceptors (Lipinski definition) is 5. The van der Waals surface area contributed by atoms with Gasteiger partial charge in [0.05, 0.1) is 12.2 Å². The first-order chi connectivity index (χ1) is 12.2. The zero-order valence-corrected chi connectivity index (χ0v) is 14.5. The van der Waals surface area contributed by atoms with E-state index in [9.17, 15) is 5.11 Å². The van der Waals surface area contributed by atoms with E-state index in [0.29, 0.717) is 5.75 Å². The van der Waals surface area contributed by atoms with E-state index >= 15 is 0 Å². The van der Waals surface area contributed by atoms with Crippen LogP contribution in [0.25, 0.3) is 10.8 Å². The van der Waals surface area contributed by atoms with Crippen LogP contribution in [-0.4, -0.2) is 46.2 Å². The number of nitrogens with zero attached hydrogens (tertiary/aromatic N) is 3. The van der Waals surface area contributed by atoms with Crippen molar-refractivity contribution < 1.29 is 9.63 Å². The maximum Gasteiger partial charge on any atom is 0.150 e. The largest absolute Gasteiger partial charge is 0.508 e. The number of benzene rings is 2. The second kappa shape index (κ2) is 6.86. The van der Waals surface area contributed by atoms with E-state index in [-0.39, 0.29) is 0 Å². The van der Waals surface area contributed by atoms with E-state index in [0.717, 1.165) is 61.7 Å². The average molecular weight is 337 g/mol. The molecule has 1 fully saturated rings. The molecule has 0 atom stereocenters. The topological polar surface area (TPSA) is 52.7 Å². The van der Waals surface area contributed by atoms with Crippen molar-refractivity contribution in [1.82, 2.24) is 15.0 Å². The number of aromatic nitrogens is 1. The van der Waals surface area contributed by atoms with Crippen LogP contribution in [-0.2, 0) is 13.1 Å². The maximum atomic E-state index is 10.3. The summed E-state index contributed by atoms with van der Waals surface area (Å²) in [6.45, 7) is 7.49. The van der Waals surface area contributed by atoms with Crippen LogP contribution < -0.4 is 0 Å². The Bertz CT molecular complexity index is 866. The van der Waals surface area contributed by atoms with Gasteiger partial charge in [0.1, 0.15) is 5.75 Å². The Balaban J connectivity index is 1.41. The average Bonchev–Trinajstić information content (AvgIpc) is 3.04. The SMILES string of the molecule is Cc1cc(CN2CCN(Cc3c(O)ccc4ccccc34)CC2)on1. The first kappa shape index (κ1) is 16.1. The van der Waals surface area contributed by atoms with Gasteiger partial charge in [-0.15, -0.1) is 0 Å². The zero-order chi connectivity index (χ0) is 17.2. The van der Waals surface area contributed by atoms with E-state index in [1.165, 1.54) is 5.39 Å². The third-order valence-corrected chi connectivity index (χ3v) is 4.92. The fourth-order valence-corrected chi connectivity index (χ4v) is 3.53. The van der Waals surface area contributed by atoms with Crippen molar-refractivity contribution in [1.29, 1.82) is 0 Å². The third kappa shape index (κ3) is 3.52. The Morgan fingerprint density at radius 3 is 2.44 bits per heavy atom. The zero-order valence-electron chi connectivity index (χ0n) is 14.5. The number of rotatable bonds is 4. The minimum absolute atomic E-state index is 0.387. The highest BCUT2D eigenvalue weighted by atomic mass is 16.5. The second-order valence-electron chi connectivity index (χ2n) is 6.77. The normalized spacial score (nSPS) is 16.5. The van der Waals surface area contributed by atoms with Gasteiger partial charge in [0.25, 0.3) is 0 Å². The predicted octanol–water partition coefficient (Wildman–Crippen LogP) is 3.16. The van der Waals surface area contributed by atoms with Gasteiger partial charge in [-0.25, -0.2) is 0 Å². The summed E-state index contributed by atoms with van der Waals surface area (Å²) in [6, 6.07) is 14.0. The van der Waals surface area contributed by atoms with Crippen LogP contribution in [0, 0.1) is 6.92 Å². The third-order valence-electron chi connectivity index (χ3n) is 4.92. The number of phenolic OH excluding ortho intramolecular Hbond substituents is 1. The maximum absolute atomic E-state index is 10.3. The van der Waals surface area contributed by atoms with Crippen molar-refractivity contribution in [3.63, 3.8) is 0 Å². The van der Waals surface area contributed by atoms with Crippen molar-refractivity contribution >= 4 is 10.8 Å². The second-order valence-corrected chi connectivity index (χ2v) is 6.77. The summed E-state index contributed by atoms with van der Waals surface area (Å²) >= 11 is 0. The smallest absolute Gasteiger partial charge is 0.150 e. The molecule has 3 aromatic rings. The number of piperazine rings is 1. The van der Waals surface area contributed by atoms with Gasteiger partial charge in [-0.2, -0.15) is 0 Å². The molecule has 4 rings (SSSR count). The van der Waals surface area contributed by atoms with Gasteiger partial charge < -0.3 is 9.63 Å². The van der Waals surface area contributed by atoms with Crippen molar-refractivity contribution in [2.24, 2.45) is 0 Å². The van der Waals surface area contributed by atoms with E-state index < -0.39 is 0 Å². The van der Waals surface area contributed by atoms with Crippen LogP contribution in [0.4, 0.5) is 0 Å². The van der Waals surface area contributed by atoms with Crippen molar-refractivity contribution in [3.8, 4) is 5.75 Å². The molecule has 2 aromatic carbocycles. The molecule has 1 saturated heterocycles. The monoisotopic (exact) mass is 337 g/mol. The first-order valence-corrected chi connectivity index (χ1v) is 8.75.